The Labute approximate surface area is 523 Å². The Balaban J connectivity index is 0.851. The average Bonchev–Trinajstić information content (AvgIpc) is 1.90. The summed E-state index contributed by atoms with van der Waals surface area (Å²) in [5.74, 6) is 1.60. The molecule has 1 atom stereocenters. The molecule has 2 fully saturated rings. The number of amides is 4. The van der Waals surface area contributed by atoms with Gasteiger partial charge in [-0.2, -0.15) is 0 Å². The van der Waals surface area contributed by atoms with Gasteiger partial charge >= 0.3 is 5.97 Å². The van der Waals surface area contributed by atoms with E-state index in [2.05, 4.69) is 56.2 Å². The van der Waals surface area contributed by atoms with Crippen molar-refractivity contribution in [3.63, 3.8) is 0 Å². The summed E-state index contributed by atoms with van der Waals surface area (Å²) >= 11 is 0. The van der Waals surface area contributed by atoms with E-state index in [4.69, 9.17) is 25.9 Å². The first-order chi connectivity index (χ1) is 42.5. The number of hydrogen-bond donors (Lipinski definition) is 6. The molecule has 1 aliphatic carbocycles. The van der Waals surface area contributed by atoms with Crippen LogP contribution in [0.15, 0.2) is 60.9 Å². The highest BCUT2D eigenvalue weighted by molar-refractivity contribution is 6.09. The zero-order valence-electron chi connectivity index (χ0n) is 53.8. The number of hydrogen-bond acceptors (Lipinski definition) is 14. The van der Waals surface area contributed by atoms with E-state index in [0.29, 0.717) is 124 Å². The fourth-order valence-electron chi connectivity index (χ4n) is 11.9. The van der Waals surface area contributed by atoms with Crippen molar-refractivity contribution in [3.8, 4) is 11.6 Å². The summed E-state index contributed by atoms with van der Waals surface area (Å²) in [6.45, 7) is 13.7. The molecule has 486 valence electrons. The monoisotopic (exact) mass is 1220 g/mol. The van der Waals surface area contributed by atoms with Crippen LogP contribution in [0.3, 0.4) is 0 Å². The van der Waals surface area contributed by atoms with Gasteiger partial charge in [0, 0.05) is 89.0 Å². The van der Waals surface area contributed by atoms with Gasteiger partial charge < -0.3 is 51.4 Å². The normalized spacial score (nSPS) is 14.1. The van der Waals surface area contributed by atoms with Gasteiger partial charge in [-0.05, 0) is 124 Å². The van der Waals surface area contributed by atoms with Gasteiger partial charge in [-0.1, -0.05) is 82.9 Å². The summed E-state index contributed by atoms with van der Waals surface area (Å²) in [7, 11) is 3.68. The number of carbonyl (C=O) groups is 5. The van der Waals surface area contributed by atoms with Crippen LogP contribution >= 0.6 is 0 Å². The number of aryl methyl sites for hydroxylation is 3. The maximum Gasteiger partial charge on any atom is 0.303 e. The van der Waals surface area contributed by atoms with Crippen molar-refractivity contribution in [2.45, 2.75) is 174 Å². The lowest BCUT2D eigenvalue weighted by Gasteiger charge is -2.36. The van der Waals surface area contributed by atoms with Crippen molar-refractivity contribution in [1.82, 2.24) is 40.9 Å². The number of likely N-dealkylation sites (N-methyl/N-ethyl adjacent to an activating group) is 1. The number of unbranched alkanes of at least 4 members (excludes halogenated alkanes) is 10. The Bertz CT molecular complexity index is 2740. The summed E-state index contributed by atoms with van der Waals surface area (Å²) in [6, 6.07) is 15.5. The number of aromatic nitrogens is 5. The van der Waals surface area contributed by atoms with Crippen molar-refractivity contribution < 1.29 is 43.0 Å². The summed E-state index contributed by atoms with van der Waals surface area (Å²) in [5.41, 5.74) is 15.2. The third-order valence-corrected chi connectivity index (χ3v) is 17.4. The molecule has 0 radical (unpaired) electrons. The third kappa shape index (κ3) is 25.4. The van der Waals surface area contributed by atoms with Crippen LogP contribution < -0.4 is 46.7 Å². The molecule has 21 nitrogen and oxygen atoms in total. The smallest absolute Gasteiger partial charge is 0.303 e. The molecule has 1 saturated carbocycles. The first-order valence-electron chi connectivity index (χ1n) is 32.9. The predicted octanol–water partition coefficient (Wildman–Crippen LogP) is 8.52. The Hall–Kier alpha value is -6.71. The SMILES string of the molecule is COc1ccc(C(=O)N(CC(C)(C)CCCCCCn2cc(CCCCCCCCCCC(=O)NCC[N+](C)(CCC(=O)NCCN)CCC(=O)NCCN)nn2)c2cccc(C)n2)c(N2CCC(COc3cc([C@@H](CC(=O)O)C4CC4)ccn3)CC2)c1. The largest absolute Gasteiger partial charge is 0.497 e. The van der Waals surface area contributed by atoms with E-state index < -0.39 is 5.97 Å². The molecule has 21 heteroatoms. The van der Waals surface area contributed by atoms with Crippen LogP contribution in [0.4, 0.5) is 11.5 Å². The van der Waals surface area contributed by atoms with Crippen molar-refractivity contribution >= 4 is 41.1 Å². The number of benzene rings is 1. The second-order valence-corrected chi connectivity index (χ2v) is 25.7. The van der Waals surface area contributed by atoms with E-state index in [1.165, 1.54) is 12.8 Å². The van der Waals surface area contributed by atoms with Crippen LogP contribution in [0, 0.1) is 24.2 Å². The van der Waals surface area contributed by atoms with Crippen molar-refractivity contribution in [1.29, 1.82) is 0 Å². The van der Waals surface area contributed by atoms with Gasteiger partial charge in [0.15, 0.2) is 0 Å². The molecule has 1 aromatic carbocycles. The number of quaternary nitrogens is 1. The molecular weight excluding hydrogens is 1110 g/mol. The summed E-state index contributed by atoms with van der Waals surface area (Å²) in [5, 5.41) is 27.1. The number of anilines is 2. The lowest BCUT2D eigenvalue weighted by molar-refractivity contribution is -0.907. The van der Waals surface area contributed by atoms with Gasteiger partial charge in [-0.3, -0.25) is 33.6 Å². The van der Waals surface area contributed by atoms with E-state index in [1.807, 2.05) is 72.1 Å². The fourth-order valence-corrected chi connectivity index (χ4v) is 11.9. The van der Waals surface area contributed by atoms with Gasteiger partial charge in [-0.25, -0.2) is 9.97 Å². The molecule has 4 heterocycles. The summed E-state index contributed by atoms with van der Waals surface area (Å²) in [4.78, 5) is 77.4. The first kappa shape index (κ1) is 70.4. The standard InChI is InChI=1S/C67H105N13O8/c1-51-19-18-21-60(74-51)79(66(86)57-26-25-56(87-5)46-59(57)77-40-28-52(29-41-77)49-88-64-45-54(27-35-73-64)58(47-65(84)85)53-23-24-53)50-67(2,3)32-16-12-13-17-39-78-48-55(75-76-78)20-14-10-8-6-7-9-11-15-22-61(81)72-38-44-80(4,42-30-62(82)70-36-33-68)43-31-63(83)71-37-34-69/h18-19,21,25-27,35,45-46,48,52-53,58H,6-17,20,22-24,28-34,36-44,47,49-50,68-69H2,1-5H3,(H3-,70,71,72,81,82,83,84,85)/p+1/t58-/m0/s1. The Morgan fingerprint density at radius 2 is 1.43 bits per heavy atom. The molecular formula is C67H106N13O8+. The number of carboxylic acid groups (broad SMARTS) is 1. The second-order valence-electron chi connectivity index (χ2n) is 25.7. The van der Waals surface area contributed by atoms with Gasteiger partial charge in [0.25, 0.3) is 5.91 Å². The molecule has 0 bridgehead atoms. The lowest BCUT2D eigenvalue weighted by Crippen LogP contribution is -2.52. The number of nitrogens with one attached hydrogen (secondary N) is 3. The lowest BCUT2D eigenvalue weighted by atomic mass is 9.86. The van der Waals surface area contributed by atoms with E-state index in [-0.39, 0.29) is 41.4 Å². The molecule has 4 amide bonds. The predicted molar refractivity (Wildman–Crippen MR) is 345 cm³/mol. The molecule has 8 N–H and O–H groups in total. The third-order valence-electron chi connectivity index (χ3n) is 17.4. The minimum Gasteiger partial charge on any atom is -0.497 e. The number of rotatable bonds is 44. The van der Waals surface area contributed by atoms with Crippen molar-refractivity contribution in [3.05, 3.63) is 83.4 Å². The van der Waals surface area contributed by atoms with Gasteiger partial charge in [-0.15, -0.1) is 5.10 Å². The first-order valence-corrected chi connectivity index (χ1v) is 32.9. The molecule has 3 aromatic heterocycles. The van der Waals surface area contributed by atoms with Gasteiger partial charge in [0.2, 0.25) is 23.6 Å². The van der Waals surface area contributed by atoms with Crippen molar-refractivity contribution in [2.24, 2.45) is 28.7 Å². The van der Waals surface area contributed by atoms with Gasteiger partial charge in [0.1, 0.15) is 11.6 Å². The number of nitrogens with two attached hydrogens (primary N) is 2. The van der Waals surface area contributed by atoms with E-state index in [9.17, 15) is 24.3 Å². The Morgan fingerprint density at radius 3 is 2.09 bits per heavy atom. The van der Waals surface area contributed by atoms with Crippen molar-refractivity contribution in [2.75, 3.05) is 103 Å². The van der Waals surface area contributed by atoms with Crippen LogP contribution in [0.5, 0.6) is 11.6 Å². The molecule has 2 aliphatic rings. The molecule has 88 heavy (non-hydrogen) atoms. The molecule has 6 rings (SSSR count). The minimum absolute atomic E-state index is 0.0163. The number of ether oxygens (including phenoxy) is 2. The van der Waals surface area contributed by atoms with Gasteiger partial charge in [0.05, 0.1) is 83.2 Å². The van der Waals surface area contributed by atoms with Crippen LogP contribution in [0.2, 0.25) is 0 Å². The zero-order valence-corrected chi connectivity index (χ0v) is 53.8. The van der Waals surface area contributed by atoms with E-state index in [0.717, 1.165) is 145 Å². The number of nitrogens with zero attached hydrogens (tertiary/aromatic N) is 8. The summed E-state index contributed by atoms with van der Waals surface area (Å²) < 4.78 is 14.4. The zero-order chi connectivity index (χ0) is 63.2. The summed E-state index contributed by atoms with van der Waals surface area (Å²) in [6.07, 6.45) is 23.8. The number of methoxy groups -OCH3 is 1. The van der Waals surface area contributed by atoms with Crippen LogP contribution in [-0.2, 0) is 32.1 Å². The highest BCUT2D eigenvalue weighted by Gasteiger charge is 2.35. The fraction of sp³-hybridized carbons (Fsp3) is 0.657. The molecule has 1 aliphatic heterocycles. The quantitative estimate of drug-likeness (QED) is 0.0179. The Kier molecular flexibility index (Phi) is 29.9. The number of piperidine rings is 1. The Morgan fingerprint density at radius 1 is 0.784 bits per heavy atom. The maximum atomic E-state index is 15.0. The van der Waals surface area contributed by atoms with Crippen LogP contribution in [0.25, 0.3) is 0 Å². The van der Waals surface area contributed by atoms with Crippen LogP contribution in [-0.4, -0.2) is 157 Å². The molecule has 0 spiro atoms. The molecule has 0 unspecified atom stereocenters. The van der Waals surface area contributed by atoms with E-state index >= 15 is 4.79 Å². The average molecular weight is 1220 g/mol. The number of pyridine rings is 2. The highest BCUT2D eigenvalue weighted by Crippen LogP contribution is 2.45. The second kappa shape index (κ2) is 37.3. The number of aliphatic carboxylic acids is 1. The highest BCUT2D eigenvalue weighted by atomic mass is 16.5. The maximum absolute atomic E-state index is 15.0. The topological polar surface area (TPSA) is 275 Å². The molecule has 1 saturated heterocycles. The minimum atomic E-state index is -0.782. The van der Waals surface area contributed by atoms with E-state index in [1.54, 1.807) is 13.3 Å². The van der Waals surface area contributed by atoms with Crippen LogP contribution in [0.1, 0.15) is 182 Å². The number of carboxylic acids is 1. The number of carbonyl (C=O) groups excluding carboxylic acids is 4. The molecule has 4 aromatic rings.